The predicted octanol–water partition coefficient (Wildman–Crippen LogP) is 2.37. The Morgan fingerprint density at radius 2 is 1.52 bits per heavy atom. The fourth-order valence-electron chi connectivity index (χ4n) is 1.60. The van der Waals surface area contributed by atoms with Gasteiger partial charge >= 0.3 is 18.1 Å². The van der Waals surface area contributed by atoms with Crippen LogP contribution in [0.2, 0.25) is 0 Å². The standard InChI is InChI=1S/C14H17N5O4/c1-14(2,3)23-13(22)16-9-6-4-8(5-7-9)15-10-17-11(20)19-12(21)18-10/h4-7H,1-3H3,(H,16,22)(H3,15,17,18,19,20,21). The molecule has 1 heterocycles. The lowest BCUT2D eigenvalue weighted by molar-refractivity contribution is 0.0636. The molecule has 2 rings (SSSR count). The molecular weight excluding hydrogens is 302 g/mol. The molecule has 0 atom stereocenters. The lowest BCUT2D eigenvalue weighted by atomic mass is 10.2. The number of carbonyl (C=O) groups excluding carboxylic acids is 1. The Bertz CT molecular complexity index is 677. The fraction of sp³-hybridized carbons (Fsp3) is 0.286. The van der Waals surface area contributed by atoms with Gasteiger partial charge in [0.1, 0.15) is 5.60 Å². The third kappa shape index (κ3) is 5.30. The lowest BCUT2D eigenvalue weighted by Crippen LogP contribution is -2.27. The molecule has 9 nitrogen and oxygen atoms in total. The molecule has 1 aromatic heterocycles. The molecule has 0 bridgehead atoms. The summed E-state index contributed by atoms with van der Waals surface area (Å²) in [4.78, 5) is 22.1. The number of rotatable bonds is 3. The minimum Gasteiger partial charge on any atom is -0.479 e. The van der Waals surface area contributed by atoms with Crippen LogP contribution in [0.3, 0.4) is 0 Å². The number of hydrogen-bond donors (Lipinski definition) is 4. The van der Waals surface area contributed by atoms with Crippen molar-refractivity contribution >= 4 is 23.4 Å². The van der Waals surface area contributed by atoms with E-state index in [4.69, 9.17) is 4.74 Å². The topological polar surface area (TPSA) is 129 Å². The Balaban J connectivity index is 2.00. The zero-order chi connectivity index (χ0) is 17.0. The van der Waals surface area contributed by atoms with Gasteiger partial charge in [-0.05, 0) is 45.0 Å². The van der Waals surface area contributed by atoms with E-state index in [1.165, 1.54) is 0 Å². The summed E-state index contributed by atoms with van der Waals surface area (Å²) in [7, 11) is 0. The van der Waals surface area contributed by atoms with Crippen LogP contribution in [0, 0.1) is 0 Å². The average Bonchev–Trinajstić information content (AvgIpc) is 2.37. The summed E-state index contributed by atoms with van der Waals surface area (Å²) in [5, 5.41) is 23.7. The number of aromatic nitrogens is 3. The van der Waals surface area contributed by atoms with Gasteiger partial charge < -0.3 is 20.3 Å². The summed E-state index contributed by atoms with van der Waals surface area (Å²) in [5.41, 5.74) is 0.560. The molecule has 0 aliphatic heterocycles. The number of aromatic hydroxyl groups is 2. The Hall–Kier alpha value is -3.10. The number of amides is 1. The van der Waals surface area contributed by atoms with Gasteiger partial charge in [-0.15, -0.1) is 4.98 Å². The van der Waals surface area contributed by atoms with Crippen molar-refractivity contribution in [3.05, 3.63) is 24.3 Å². The molecule has 0 radical (unpaired) electrons. The van der Waals surface area contributed by atoms with Crippen molar-refractivity contribution in [2.45, 2.75) is 26.4 Å². The van der Waals surface area contributed by atoms with Gasteiger partial charge in [0.15, 0.2) is 0 Å². The van der Waals surface area contributed by atoms with Crippen molar-refractivity contribution in [1.82, 2.24) is 15.0 Å². The van der Waals surface area contributed by atoms with Crippen molar-refractivity contribution < 1.29 is 19.7 Å². The quantitative estimate of drug-likeness (QED) is 0.678. The zero-order valence-electron chi connectivity index (χ0n) is 12.9. The van der Waals surface area contributed by atoms with Gasteiger partial charge in [0, 0.05) is 11.4 Å². The summed E-state index contributed by atoms with van der Waals surface area (Å²) >= 11 is 0. The molecule has 23 heavy (non-hydrogen) atoms. The highest BCUT2D eigenvalue weighted by Gasteiger charge is 2.16. The van der Waals surface area contributed by atoms with Gasteiger partial charge in [-0.1, -0.05) is 0 Å². The Morgan fingerprint density at radius 1 is 1.00 bits per heavy atom. The molecule has 0 aliphatic rings. The van der Waals surface area contributed by atoms with E-state index in [-0.39, 0.29) is 5.95 Å². The minimum atomic E-state index is -0.594. The first-order chi connectivity index (χ1) is 10.7. The van der Waals surface area contributed by atoms with Gasteiger partial charge in [-0.25, -0.2) is 4.79 Å². The van der Waals surface area contributed by atoms with Crippen molar-refractivity contribution in [2.24, 2.45) is 0 Å². The van der Waals surface area contributed by atoms with E-state index in [0.29, 0.717) is 11.4 Å². The number of nitrogens with zero attached hydrogens (tertiary/aromatic N) is 3. The number of benzene rings is 1. The molecule has 4 N–H and O–H groups in total. The minimum absolute atomic E-state index is 0.0112. The SMILES string of the molecule is CC(C)(C)OC(=O)Nc1ccc(Nc2nc(O)nc(O)n2)cc1. The summed E-state index contributed by atoms with van der Waals surface area (Å²) in [6.45, 7) is 5.33. The van der Waals surface area contributed by atoms with Crippen LogP contribution in [-0.4, -0.2) is 36.9 Å². The summed E-state index contributed by atoms with van der Waals surface area (Å²) < 4.78 is 5.15. The van der Waals surface area contributed by atoms with E-state index in [1.807, 2.05) is 0 Å². The highest BCUT2D eigenvalue weighted by atomic mass is 16.6. The molecule has 0 spiro atoms. The molecule has 0 aliphatic carbocycles. The van der Waals surface area contributed by atoms with Crippen LogP contribution in [0.5, 0.6) is 12.0 Å². The van der Waals surface area contributed by atoms with Crippen LogP contribution in [0.25, 0.3) is 0 Å². The first-order valence-electron chi connectivity index (χ1n) is 6.72. The highest BCUT2D eigenvalue weighted by molar-refractivity contribution is 5.85. The second-order valence-corrected chi connectivity index (χ2v) is 5.59. The van der Waals surface area contributed by atoms with Crippen LogP contribution in [0.15, 0.2) is 24.3 Å². The van der Waals surface area contributed by atoms with Crippen LogP contribution < -0.4 is 10.6 Å². The number of carbonyl (C=O) groups is 1. The second kappa shape index (κ2) is 6.34. The van der Waals surface area contributed by atoms with E-state index in [9.17, 15) is 15.0 Å². The van der Waals surface area contributed by atoms with Crippen molar-refractivity contribution in [3.63, 3.8) is 0 Å². The van der Waals surface area contributed by atoms with Crippen molar-refractivity contribution in [2.75, 3.05) is 10.6 Å². The normalized spacial score (nSPS) is 10.9. The molecule has 2 aromatic rings. The maximum atomic E-state index is 11.6. The average molecular weight is 319 g/mol. The lowest BCUT2D eigenvalue weighted by Gasteiger charge is -2.19. The maximum Gasteiger partial charge on any atom is 0.412 e. The smallest absolute Gasteiger partial charge is 0.412 e. The third-order valence-corrected chi connectivity index (χ3v) is 2.40. The van der Waals surface area contributed by atoms with Crippen LogP contribution in [-0.2, 0) is 4.74 Å². The molecule has 122 valence electrons. The van der Waals surface area contributed by atoms with E-state index in [0.717, 1.165) is 0 Å². The third-order valence-electron chi connectivity index (χ3n) is 2.40. The molecule has 0 saturated carbocycles. The summed E-state index contributed by atoms with van der Waals surface area (Å²) in [5.74, 6) is -0.0112. The highest BCUT2D eigenvalue weighted by Crippen LogP contribution is 2.19. The number of ether oxygens (including phenoxy) is 1. The molecule has 1 aromatic carbocycles. The number of nitrogens with one attached hydrogen (secondary N) is 2. The fourth-order valence-corrected chi connectivity index (χ4v) is 1.60. The molecule has 1 amide bonds. The van der Waals surface area contributed by atoms with Crippen LogP contribution in [0.1, 0.15) is 20.8 Å². The maximum absolute atomic E-state index is 11.6. The monoisotopic (exact) mass is 319 g/mol. The van der Waals surface area contributed by atoms with Gasteiger partial charge in [-0.2, -0.15) is 9.97 Å². The van der Waals surface area contributed by atoms with E-state index in [2.05, 4.69) is 25.6 Å². The van der Waals surface area contributed by atoms with Crippen LogP contribution in [0.4, 0.5) is 22.1 Å². The molecule has 0 unspecified atom stereocenters. The van der Waals surface area contributed by atoms with Crippen LogP contribution >= 0.6 is 0 Å². The van der Waals surface area contributed by atoms with Gasteiger partial charge in [-0.3, -0.25) is 5.32 Å². The Morgan fingerprint density at radius 3 is 2.04 bits per heavy atom. The Kier molecular flexibility index (Phi) is 4.49. The second-order valence-electron chi connectivity index (χ2n) is 5.59. The molecule has 0 fully saturated rings. The van der Waals surface area contributed by atoms with Crippen molar-refractivity contribution in [1.29, 1.82) is 0 Å². The molecule has 9 heteroatoms. The van der Waals surface area contributed by atoms with Gasteiger partial charge in [0.25, 0.3) is 0 Å². The molecule has 0 saturated heterocycles. The van der Waals surface area contributed by atoms with E-state index in [1.54, 1.807) is 45.0 Å². The summed E-state index contributed by atoms with van der Waals surface area (Å²) in [6, 6.07) is 5.42. The van der Waals surface area contributed by atoms with Gasteiger partial charge in [0.05, 0.1) is 0 Å². The predicted molar refractivity (Wildman–Crippen MR) is 82.7 cm³/mol. The zero-order valence-corrected chi connectivity index (χ0v) is 12.9. The van der Waals surface area contributed by atoms with Crippen molar-refractivity contribution in [3.8, 4) is 12.0 Å². The number of anilines is 3. The number of hydrogen-bond acceptors (Lipinski definition) is 8. The van der Waals surface area contributed by atoms with E-state index < -0.39 is 23.7 Å². The first kappa shape index (κ1) is 16.3. The van der Waals surface area contributed by atoms with Gasteiger partial charge in [0.2, 0.25) is 5.95 Å². The first-order valence-corrected chi connectivity index (χ1v) is 6.72. The summed E-state index contributed by atoms with van der Waals surface area (Å²) in [6.07, 6.45) is -0.550. The van der Waals surface area contributed by atoms with E-state index >= 15 is 0 Å². The largest absolute Gasteiger partial charge is 0.479 e. The Labute approximate surface area is 132 Å². The molecular formula is C14H17N5O4.